The smallest absolute Gasteiger partial charge is 0.241 e. The van der Waals surface area contributed by atoms with Crippen molar-refractivity contribution in [3.05, 3.63) is 53.6 Å². The van der Waals surface area contributed by atoms with Crippen molar-refractivity contribution >= 4 is 11.6 Å². The minimum Gasteiger partial charge on any atom is -0.457 e. The zero-order valence-corrected chi connectivity index (χ0v) is 12.5. The van der Waals surface area contributed by atoms with Gasteiger partial charge in [0.25, 0.3) is 0 Å². The second kappa shape index (κ2) is 6.41. The van der Waals surface area contributed by atoms with Gasteiger partial charge in [0.15, 0.2) is 0 Å². The molecule has 2 rings (SSSR count). The van der Waals surface area contributed by atoms with Crippen LogP contribution >= 0.6 is 0 Å². The fourth-order valence-corrected chi connectivity index (χ4v) is 2.04. The molecule has 0 saturated heterocycles. The second-order valence-corrected chi connectivity index (χ2v) is 5.13. The van der Waals surface area contributed by atoms with E-state index in [1.54, 1.807) is 6.92 Å². The lowest BCUT2D eigenvalue weighted by Gasteiger charge is -2.15. The molecule has 0 radical (unpaired) electrons. The van der Waals surface area contributed by atoms with Crippen molar-refractivity contribution in [3.63, 3.8) is 0 Å². The Hall–Kier alpha value is -2.33. The number of carbonyl (C=O) groups is 1. The highest BCUT2D eigenvalue weighted by Crippen LogP contribution is 2.29. The number of carbonyl (C=O) groups excluding carboxylic acids is 1. The van der Waals surface area contributed by atoms with Crippen LogP contribution in [0.4, 0.5) is 5.69 Å². The van der Waals surface area contributed by atoms with Crippen LogP contribution in [0.5, 0.6) is 11.5 Å². The highest BCUT2D eigenvalue weighted by molar-refractivity contribution is 5.95. The third-order valence-corrected chi connectivity index (χ3v) is 3.15. The number of nitrogens with two attached hydrogens (primary N) is 1. The molecule has 4 heteroatoms. The summed E-state index contributed by atoms with van der Waals surface area (Å²) >= 11 is 0. The molecule has 0 aliphatic rings. The molecule has 1 atom stereocenters. The predicted octanol–water partition coefficient (Wildman–Crippen LogP) is 3.38. The van der Waals surface area contributed by atoms with Crippen molar-refractivity contribution in [2.45, 2.75) is 26.8 Å². The van der Waals surface area contributed by atoms with Gasteiger partial charge in [-0.05, 0) is 56.2 Å². The number of amides is 1. The Kier molecular flexibility index (Phi) is 4.60. The third kappa shape index (κ3) is 3.83. The van der Waals surface area contributed by atoms with Crippen molar-refractivity contribution in [2.24, 2.45) is 5.73 Å². The van der Waals surface area contributed by atoms with Crippen LogP contribution in [0.25, 0.3) is 0 Å². The van der Waals surface area contributed by atoms with Gasteiger partial charge >= 0.3 is 0 Å². The number of hydrogen-bond acceptors (Lipinski definition) is 3. The molecule has 2 aromatic carbocycles. The number of nitrogens with one attached hydrogen (secondary N) is 1. The lowest BCUT2D eigenvalue weighted by Crippen LogP contribution is -2.32. The summed E-state index contributed by atoms with van der Waals surface area (Å²) in [5.74, 6) is 1.33. The van der Waals surface area contributed by atoms with Gasteiger partial charge in [-0.25, -0.2) is 0 Å². The summed E-state index contributed by atoms with van der Waals surface area (Å²) in [6.45, 7) is 5.52. The molecule has 0 heterocycles. The molecule has 0 aliphatic carbocycles. The normalized spacial score (nSPS) is 11.8. The summed E-state index contributed by atoms with van der Waals surface area (Å²) in [6, 6.07) is 12.8. The Bertz CT molecular complexity index is 613. The van der Waals surface area contributed by atoms with Crippen LogP contribution in [-0.2, 0) is 4.79 Å². The SMILES string of the molecule is Cc1cc(Oc2ccccc2)cc(C)c1NC(=O)C(C)N. The number of benzene rings is 2. The zero-order valence-electron chi connectivity index (χ0n) is 12.5. The van der Waals surface area contributed by atoms with Crippen molar-refractivity contribution in [1.29, 1.82) is 0 Å². The summed E-state index contributed by atoms with van der Waals surface area (Å²) in [6.07, 6.45) is 0. The van der Waals surface area contributed by atoms with E-state index in [-0.39, 0.29) is 5.91 Å². The summed E-state index contributed by atoms with van der Waals surface area (Å²) in [5, 5.41) is 2.85. The van der Waals surface area contributed by atoms with Gasteiger partial charge in [0.2, 0.25) is 5.91 Å². The second-order valence-electron chi connectivity index (χ2n) is 5.13. The minimum absolute atomic E-state index is 0.196. The van der Waals surface area contributed by atoms with Crippen LogP contribution in [-0.4, -0.2) is 11.9 Å². The van der Waals surface area contributed by atoms with Gasteiger partial charge in [-0.15, -0.1) is 0 Å². The minimum atomic E-state index is -0.538. The molecule has 0 fully saturated rings. The Morgan fingerprint density at radius 2 is 1.67 bits per heavy atom. The van der Waals surface area contributed by atoms with Crippen LogP contribution in [0.3, 0.4) is 0 Å². The Labute approximate surface area is 124 Å². The predicted molar refractivity (Wildman–Crippen MR) is 84.7 cm³/mol. The maximum atomic E-state index is 11.7. The summed E-state index contributed by atoms with van der Waals surface area (Å²) in [5.41, 5.74) is 8.25. The zero-order chi connectivity index (χ0) is 15.4. The lowest BCUT2D eigenvalue weighted by atomic mass is 10.1. The van der Waals surface area contributed by atoms with Crippen LogP contribution in [0.15, 0.2) is 42.5 Å². The van der Waals surface area contributed by atoms with E-state index in [2.05, 4.69) is 5.32 Å². The van der Waals surface area contributed by atoms with E-state index in [0.29, 0.717) is 0 Å². The summed E-state index contributed by atoms with van der Waals surface area (Å²) in [7, 11) is 0. The van der Waals surface area contributed by atoms with E-state index in [1.165, 1.54) is 0 Å². The maximum Gasteiger partial charge on any atom is 0.241 e. The van der Waals surface area contributed by atoms with Gasteiger partial charge in [0.1, 0.15) is 11.5 Å². The van der Waals surface area contributed by atoms with E-state index < -0.39 is 6.04 Å². The summed E-state index contributed by atoms with van der Waals surface area (Å²) < 4.78 is 5.81. The van der Waals surface area contributed by atoms with E-state index in [1.807, 2.05) is 56.3 Å². The molecule has 1 unspecified atom stereocenters. The molecule has 2 aromatic rings. The first kappa shape index (κ1) is 15.1. The first-order valence-corrected chi connectivity index (χ1v) is 6.88. The molecule has 4 nitrogen and oxygen atoms in total. The molecule has 0 aliphatic heterocycles. The van der Waals surface area contributed by atoms with E-state index in [4.69, 9.17) is 10.5 Å². The fraction of sp³-hybridized carbons (Fsp3) is 0.235. The van der Waals surface area contributed by atoms with Gasteiger partial charge in [0.05, 0.1) is 6.04 Å². The molecule has 3 N–H and O–H groups in total. The maximum absolute atomic E-state index is 11.7. The highest BCUT2D eigenvalue weighted by atomic mass is 16.5. The number of anilines is 1. The molecule has 21 heavy (non-hydrogen) atoms. The van der Waals surface area contributed by atoms with Gasteiger partial charge in [-0.1, -0.05) is 18.2 Å². The van der Waals surface area contributed by atoms with Crippen molar-refractivity contribution < 1.29 is 9.53 Å². The Morgan fingerprint density at radius 1 is 1.10 bits per heavy atom. The topological polar surface area (TPSA) is 64.3 Å². The average molecular weight is 284 g/mol. The van der Waals surface area contributed by atoms with Crippen LogP contribution < -0.4 is 15.8 Å². The van der Waals surface area contributed by atoms with Gasteiger partial charge in [-0.3, -0.25) is 4.79 Å². The summed E-state index contributed by atoms with van der Waals surface area (Å²) in [4.78, 5) is 11.7. The van der Waals surface area contributed by atoms with E-state index in [9.17, 15) is 4.79 Å². The number of rotatable bonds is 4. The van der Waals surface area contributed by atoms with Gasteiger partial charge in [0, 0.05) is 5.69 Å². The largest absolute Gasteiger partial charge is 0.457 e. The molecular weight excluding hydrogens is 264 g/mol. The molecule has 0 bridgehead atoms. The Morgan fingerprint density at radius 3 is 2.19 bits per heavy atom. The van der Waals surface area contributed by atoms with Crippen LogP contribution in [0.2, 0.25) is 0 Å². The molecule has 0 aromatic heterocycles. The first-order chi connectivity index (χ1) is 9.97. The molecular formula is C17H20N2O2. The van der Waals surface area contributed by atoms with Crippen molar-refractivity contribution in [2.75, 3.05) is 5.32 Å². The number of hydrogen-bond donors (Lipinski definition) is 2. The van der Waals surface area contributed by atoms with Crippen LogP contribution in [0.1, 0.15) is 18.1 Å². The molecule has 0 saturated carbocycles. The van der Waals surface area contributed by atoms with E-state index >= 15 is 0 Å². The number of para-hydroxylation sites is 1. The molecule has 1 amide bonds. The average Bonchev–Trinajstić information content (AvgIpc) is 2.43. The molecule has 110 valence electrons. The number of ether oxygens (including phenoxy) is 1. The Balaban J connectivity index is 2.23. The highest BCUT2D eigenvalue weighted by Gasteiger charge is 2.12. The fourth-order valence-electron chi connectivity index (χ4n) is 2.04. The van der Waals surface area contributed by atoms with Crippen LogP contribution in [0, 0.1) is 13.8 Å². The molecule has 0 spiro atoms. The third-order valence-electron chi connectivity index (χ3n) is 3.15. The van der Waals surface area contributed by atoms with E-state index in [0.717, 1.165) is 28.3 Å². The number of aryl methyl sites for hydroxylation is 2. The lowest BCUT2D eigenvalue weighted by molar-refractivity contribution is -0.117. The standard InChI is InChI=1S/C17H20N2O2/c1-11-9-15(21-14-7-5-4-6-8-14)10-12(2)16(11)19-17(20)13(3)18/h4-10,13H,18H2,1-3H3,(H,19,20). The monoisotopic (exact) mass is 284 g/mol. The first-order valence-electron chi connectivity index (χ1n) is 6.88. The quantitative estimate of drug-likeness (QED) is 0.904. The van der Waals surface area contributed by atoms with Gasteiger partial charge in [-0.2, -0.15) is 0 Å². The van der Waals surface area contributed by atoms with Crippen molar-refractivity contribution in [1.82, 2.24) is 0 Å². The van der Waals surface area contributed by atoms with Crippen molar-refractivity contribution in [3.8, 4) is 11.5 Å². The van der Waals surface area contributed by atoms with Gasteiger partial charge < -0.3 is 15.8 Å².